The van der Waals surface area contributed by atoms with E-state index < -0.39 is 0 Å². The van der Waals surface area contributed by atoms with E-state index >= 15 is 0 Å². The Morgan fingerprint density at radius 2 is 2.26 bits per heavy atom. The number of fused-ring (bicyclic) bond motifs is 1. The molecule has 1 aliphatic heterocycles. The van der Waals surface area contributed by atoms with Crippen LogP contribution >= 0.6 is 11.3 Å². The predicted molar refractivity (Wildman–Crippen MR) is 76.8 cm³/mol. The van der Waals surface area contributed by atoms with Gasteiger partial charge in [-0.3, -0.25) is 0 Å². The Morgan fingerprint density at radius 3 is 2.89 bits per heavy atom. The van der Waals surface area contributed by atoms with E-state index in [4.69, 9.17) is 5.10 Å². The van der Waals surface area contributed by atoms with Crippen molar-refractivity contribution in [2.45, 2.75) is 51.4 Å². The van der Waals surface area contributed by atoms with Gasteiger partial charge in [-0.1, -0.05) is 38.5 Å². The molecule has 6 heteroatoms. The van der Waals surface area contributed by atoms with Gasteiger partial charge in [-0.15, -0.1) is 10.2 Å². The first-order valence-electron chi connectivity index (χ1n) is 7.09. The molecule has 104 valence electrons. The zero-order valence-electron chi connectivity index (χ0n) is 11.8. The Morgan fingerprint density at radius 1 is 1.42 bits per heavy atom. The van der Waals surface area contributed by atoms with Crippen molar-refractivity contribution in [2.24, 2.45) is 0 Å². The second-order valence-electron chi connectivity index (χ2n) is 5.77. The first kappa shape index (κ1) is 13.0. The van der Waals surface area contributed by atoms with Gasteiger partial charge in [0.2, 0.25) is 4.96 Å². The minimum absolute atomic E-state index is 0.217. The molecule has 3 rings (SSSR count). The van der Waals surface area contributed by atoms with Gasteiger partial charge in [0.05, 0.1) is 0 Å². The van der Waals surface area contributed by atoms with Crippen LogP contribution in [0.5, 0.6) is 0 Å². The molecule has 1 saturated heterocycles. The van der Waals surface area contributed by atoms with Gasteiger partial charge in [0.1, 0.15) is 5.01 Å². The van der Waals surface area contributed by atoms with Crippen LogP contribution in [0, 0.1) is 0 Å². The molecule has 1 aliphatic rings. The van der Waals surface area contributed by atoms with E-state index in [2.05, 4.69) is 36.3 Å². The van der Waals surface area contributed by atoms with Crippen LogP contribution in [-0.2, 0) is 5.41 Å². The van der Waals surface area contributed by atoms with Crippen molar-refractivity contribution in [3.63, 3.8) is 0 Å². The first-order valence-corrected chi connectivity index (χ1v) is 7.91. The second-order valence-corrected chi connectivity index (χ2v) is 6.73. The molecule has 2 aromatic rings. The van der Waals surface area contributed by atoms with Gasteiger partial charge in [-0.25, -0.2) is 0 Å². The third-order valence-electron chi connectivity index (χ3n) is 3.96. The smallest absolute Gasteiger partial charge is 0.234 e. The van der Waals surface area contributed by atoms with Gasteiger partial charge in [-0.2, -0.15) is 9.61 Å². The molecule has 1 N–H and O–H groups in total. The molecule has 3 heterocycles. The van der Waals surface area contributed by atoms with E-state index in [0.29, 0.717) is 5.92 Å². The van der Waals surface area contributed by atoms with E-state index in [9.17, 15) is 0 Å². The number of rotatable bonds is 4. The van der Waals surface area contributed by atoms with Crippen molar-refractivity contribution in [3.05, 3.63) is 10.8 Å². The van der Waals surface area contributed by atoms with E-state index in [1.807, 2.05) is 4.52 Å². The molecular formula is C13H21N5S. The second kappa shape index (κ2) is 4.83. The van der Waals surface area contributed by atoms with Gasteiger partial charge in [0.15, 0.2) is 5.82 Å². The molecule has 0 aromatic carbocycles. The third kappa shape index (κ3) is 2.07. The Kier molecular flexibility index (Phi) is 3.30. The predicted octanol–water partition coefficient (Wildman–Crippen LogP) is 2.34. The molecule has 5 nitrogen and oxygen atoms in total. The molecule has 0 spiro atoms. The average Bonchev–Trinajstić information content (AvgIpc) is 3.01. The lowest BCUT2D eigenvalue weighted by molar-refractivity contribution is 0.419. The zero-order chi connectivity index (χ0) is 13.5. The van der Waals surface area contributed by atoms with Crippen molar-refractivity contribution in [3.8, 4) is 0 Å². The summed E-state index contributed by atoms with van der Waals surface area (Å²) in [4.78, 5) is 0.932. The summed E-state index contributed by atoms with van der Waals surface area (Å²) in [5, 5.41) is 18.1. The maximum absolute atomic E-state index is 4.84. The largest absolute Gasteiger partial charge is 0.316 e. The Hall–Kier alpha value is -1.01. The highest BCUT2D eigenvalue weighted by Crippen LogP contribution is 2.37. The van der Waals surface area contributed by atoms with E-state index in [1.54, 1.807) is 11.3 Å². The fourth-order valence-electron chi connectivity index (χ4n) is 2.93. The van der Waals surface area contributed by atoms with Crippen LogP contribution in [0.15, 0.2) is 0 Å². The number of aromatic nitrogens is 4. The molecule has 1 fully saturated rings. The number of hydrogen-bond donors (Lipinski definition) is 1. The molecule has 0 amide bonds. The summed E-state index contributed by atoms with van der Waals surface area (Å²) in [6.07, 6.45) is 3.57. The Balaban J connectivity index is 2.04. The van der Waals surface area contributed by atoms with Crippen LogP contribution in [0.3, 0.4) is 0 Å². The lowest BCUT2D eigenvalue weighted by Crippen LogP contribution is -2.29. The summed E-state index contributed by atoms with van der Waals surface area (Å²) in [5.41, 5.74) is 0.217. The SMILES string of the molecule is CCCC1(c2nn3c(C(C)C)nnc3s2)CCNC1. The highest BCUT2D eigenvalue weighted by molar-refractivity contribution is 7.16. The summed E-state index contributed by atoms with van der Waals surface area (Å²) >= 11 is 1.71. The fourth-order valence-corrected chi connectivity index (χ4v) is 4.02. The van der Waals surface area contributed by atoms with Crippen LogP contribution in [0.2, 0.25) is 0 Å². The maximum atomic E-state index is 4.84. The molecule has 0 radical (unpaired) electrons. The van der Waals surface area contributed by atoms with Gasteiger partial charge < -0.3 is 5.32 Å². The highest BCUT2D eigenvalue weighted by Gasteiger charge is 2.38. The summed E-state index contributed by atoms with van der Waals surface area (Å²) in [6.45, 7) is 8.65. The molecule has 0 saturated carbocycles. The molecular weight excluding hydrogens is 258 g/mol. The van der Waals surface area contributed by atoms with Gasteiger partial charge in [0.25, 0.3) is 0 Å². The van der Waals surface area contributed by atoms with Crippen LogP contribution in [0.4, 0.5) is 0 Å². The number of nitrogens with one attached hydrogen (secondary N) is 1. The van der Waals surface area contributed by atoms with Crippen molar-refractivity contribution in [1.29, 1.82) is 0 Å². The summed E-state index contributed by atoms with van der Waals surface area (Å²) in [5.74, 6) is 1.32. The fraction of sp³-hybridized carbons (Fsp3) is 0.769. The molecule has 1 unspecified atom stereocenters. The molecule has 1 atom stereocenters. The summed E-state index contributed by atoms with van der Waals surface area (Å²) in [7, 11) is 0. The Labute approximate surface area is 117 Å². The lowest BCUT2D eigenvalue weighted by atomic mass is 9.83. The van der Waals surface area contributed by atoms with Crippen LogP contribution < -0.4 is 5.32 Å². The molecule has 2 aromatic heterocycles. The quantitative estimate of drug-likeness (QED) is 0.933. The monoisotopic (exact) mass is 279 g/mol. The lowest BCUT2D eigenvalue weighted by Gasteiger charge is -2.24. The molecule has 19 heavy (non-hydrogen) atoms. The normalized spacial score (nSPS) is 23.8. The van der Waals surface area contributed by atoms with Gasteiger partial charge >= 0.3 is 0 Å². The summed E-state index contributed by atoms with van der Waals surface area (Å²) in [6, 6.07) is 0. The highest BCUT2D eigenvalue weighted by atomic mass is 32.1. The molecule has 0 bridgehead atoms. The maximum Gasteiger partial charge on any atom is 0.234 e. The number of nitrogens with zero attached hydrogens (tertiary/aromatic N) is 4. The minimum atomic E-state index is 0.217. The van der Waals surface area contributed by atoms with E-state index in [-0.39, 0.29) is 5.41 Å². The zero-order valence-corrected chi connectivity index (χ0v) is 12.6. The topological polar surface area (TPSA) is 55.1 Å². The van der Waals surface area contributed by atoms with E-state index in [1.165, 1.54) is 24.3 Å². The Bertz CT molecular complexity index is 565. The van der Waals surface area contributed by atoms with Gasteiger partial charge in [-0.05, 0) is 19.4 Å². The van der Waals surface area contributed by atoms with Crippen molar-refractivity contribution in [1.82, 2.24) is 25.1 Å². The third-order valence-corrected chi connectivity index (χ3v) is 5.10. The van der Waals surface area contributed by atoms with Crippen LogP contribution in [0.25, 0.3) is 4.96 Å². The standard InChI is InChI=1S/C13H21N5S/c1-4-5-13(6-7-14-8-13)11-17-18-10(9(2)3)15-16-12(18)19-11/h9,14H,4-8H2,1-3H3. The van der Waals surface area contributed by atoms with Crippen molar-refractivity contribution in [2.75, 3.05) is 13.1 Å². The van der Waals surface area contributed by atoms with Crippen LogP contribution in [-0.4, -0.2) is 32.9 Å². The minimum Gasteiger partial charge on any atom is -0.316 e. The average molecular weight is 279 g/mol. The van der Waals surface area contributed by atoms with Crippen molar-refractivity contribution < 1.29 is 0 Å². The van der Waals surface area contributed by atoms with Crippen LogP contribution in [0.1, 0.15) is 56.8 Å². The summed E-state index contributed by atoms with van der Waals surface area (Å²) < 4.78 is 1.94. The number of hydrogen-bond acceptors (Lipinski definition) is 5. The first-order chi connectivity index (χ1) is 9.16. The molecule has 0 aliphatic carbocycles. The van der Waals surface area contributed by atoms with Gasteiger partial charge in [0, 0.05) is 17.9 Å². The van der Waals surface area contributed by atoms with E-state index in [0.717, 1.165) is 23.9 Å². The van der Waals surface area contributed by atoms with Crippen molar-refractivity contribution >= 4 is 16.3 Å².